The number of para-hydroxylation sites is 1. The van der Waals surface area contributed by atoms with Gasteiger partial charge in [0.1, 0.15) is 0 Å². The molecule has 1 amide bonds. The maximum atomic E-state index is 12.8. The number of aromatic nitrogens is 1. The van der Waals surface area contributed by atoms with Gasteiger partial charge in [-0.3, -0.25) is 4.79 Å². The minimum Gasteiger partial charge on any atom is -0.452 e. The van der Waals surface area contributed by atoms with Crippen molar-refractivity contribution in [2.45, 2.75) is 6.54 Å². The molecule has 7 heteroatoms. The van der Waals surface area contributed by atoms with Gasteiger partial charge in [0.25, 0.3) is 5.91 Å². The quantitative estimate of drug-likeness (QED) is 0.372. The van der Waals surface area contributed by atoms with Crippen molar-refractivity contribution in [2.24, 2.45) is 0 Å². The number of ether oxygens (including phenoxy) is 1. The molecule has 0 radical (unpaired) electrons. The Kier molecular flexibility index (Phi) is 6.69. The summed E-state index contributed by atoms with van der Waals surface area (Å²) in [5, 5.41) is 4.31. The van der Waals surface area contributed by atoms with E-state index in [1.807, 2.05) is 48.5 Å². The number of benzene rings is 3. The van der Waals surface area contributed by atoms with Crippen molar-refractivity contribution in [3.63, 3.8) is 0 Å². The summed E-state index contributed by atoms with van der Waals surface area (Å²) in [6.07, 6.45) is 0. The predicted molar refractivity (Wildman–Crippen MR) is 126 cm³/mol. The first-order valence-corrected chi connectivity index (χ1v) is 10.6. The molecule has 0 saturated carbocycles. The van der Waals surface area contributed by atoms with Crippen LogP contribution in [0.15, 0.2) is 78.9 Å². The van der Waals surface area contributed by atoms with Crippen LogP contribution in [0.5, 0.6) is 0 Å². The lowest BCUT2D eigenvalue weighted by molar-refractivity contribution is -0.124. The molecule has 0 bridgehead atoms. The number of carbonyl (C=O) groups is 2. The zero-order valence-corrected chi connectivity index (χ0v) is 18.4. The standard InChI is InChI=1S/C25H18Cl2N2O3/c26-18-11-10-17(21(27)12-18)14-28-24(30)15-32-25(31)20-13-23(16-6-2-1-3-7-16)29-22-9-5-4-8-19(20)22/h1-13H,14-15H2,(H,28,30). The van der Waals surface area contributed by atoms with Crippen molar-refractivity contribution in [1.82, 2.24) is 10.3 Å². The molecule has 3 aromatic carbocycles. The summed E-state index contributed by atoms with van der Waals surface area (Å²) in [6.45, 7) is -0.218. The zero-order chi connectivity index (χ0) is 22.5. The van der Waals surface area contributed by atoms with E-state index in [4.69, 9.17) is 27.9 Å². The molecule has 5 nitrogen and oxygen atoms in total. The van der Waals surface area contributed by atoms with E-state index in [1.165, 1.54) is 0 Å². The summed E-state index contributed by atoms with van der Waals surface area (Å²) in [5.74, 6) is -1.04. The van der Waals surface area contributed by atoms with E-state index in [2.05, 4.69) is 10.3 Å². The first kappa shape index (κ1) is 21.8. The van der Waals surface area contributed by atoms with E-state index >= 15 is 0 Å². The van der Waals surface area contributed by atoms with E-state index in [-0.39, 0.29) is 6.54 Å². The van der Waals surface area contributed by atoms with Crippen molar-refractivity contribution in [1.29, 1.82) is 0 Å². The van der Waals surface area contributed by atoms with E-state index in [0.29, 0.717) is 37.8 Å². The Balaban J connectivity index is 1.48. The minimum absolute atomic E-state index is 0.197. The molecular weight excluding hydrogens is 447 g/mol. The highest BCUT2D eigenvalue weighted by molar-refractivity contribution is 6.35. The number of amides is 1. The van der Waals surface area contributed by atoms with Crippen LogP contribution in [0, 0.1) is 0 Å². The highest BCUT2D eigenvalue weighted by Crippen LogP contribution is 2.25. The molecule has 0 unspecified atom stereocenters. The molecule has 160 valence electrons. The molecule has 32 heavy (non-hydrogen) atoms. The van der Waals surface area contributed by atoms with E-state index < -0.39 is 18.5 Å². The van der Waals surface area contributed by atoms with Crippen LogP contribution in [0.4, 0.5) is 0 Å². The second kappa shape index (κ2) is 9.81. The number of carbonyl (C=O) groups excluding carboxylic acids is 2. The first-order valence-electron chi connectivity index (χ1n) is 9.84. The van der Waals surface area contributed by atoms with Gasteiger partial charge >= 0.3 is 5.97 Å². The third-order valence-corrected chi connectivity index (χ3v) is 5.42. The number of nitrogens with zero attached hydrogens (tertiary/aromatic N) is 1. The number of pyridine rings is 1. The van der Waals surface area contributed by atoms with Crippen molar-refractivity contribution in [2.75, 3.05) is 6.61 Å². The van der Waals surface area contributed by atoms with Crippen LogP contribution in [0.3, 0.4) is 0 Å². The highest BCUT2D eigenvalue weighted by atomic mass is 35.5. The van der Waals surface area contributed by atoms with Crippen molar-refractivity contribution in [3.8, 4) is 11.3 Å². The van der Waals surface area contributed by atoms with Crippen LogP contribution in [0.25, 0.3) is 22.2 Å². The van der Waals surface area contributed by atoms with Gasteiger partial charge in [0.05, 0.1) is 16.8 Å². The van der Waals surface area contributed by atoms with Crippen LogP contribution in [0.1, 0.15) is 15.9 Å². The van der Waals surface area contributed by atoms with Crippen LogP contribution >= 0.6 is 23.2 Å². The first-order chi connectivity index (χ1) is 15.5. The summed E-state index contributed by atoms with van der Waals surface area (Å²) >= 11 is 12.0. The highest BCUT2D eigenvalue weighted by Gasteiger charge is 2.16. The summed E-state index contributed by atoms with van der Waals surface area (Å²) in [7, 11) is 0. The second-order valence-electron chi connectivity index (χ2n) is 7.03. The number of esters is 1. The van der Waals surface area contributed by atoms with Gasteiger partial charge in [0.15, 0.2) is 6.61 Å². The van der Waals surface area contributed by atoms with Crippen LogP contribution in [-0.2, 0) is 16.1 Å². The molecule has 0 aliphatic heterocycles. The van der Waals surface area contributed by atoms with Gasteiger partial charge < -0.3 is 10.1 Å². The third kappa shape index (κ3) is 5.07. The summed E-state index contributed by atoms with van der Waals surface area (Å²) in [6, 6.07) is 23.6. The topological polar surface area (TPSA) is 68.3 Å². The molecule has 0 aliphatic rings. The van der Waals surface area contributed by atoms with E-state index in [9.17, 15) is 9.59 Å². The van der Waals surface area contributed by atoms with Crippen molar-refractivity contribution in [3.05, 3.63) is 100 Å². The van der Waals surface area contributed by atoms with Gasteiger partial charge in [-0.05, 0) is 29.8 Å². The fourth-order valence-corrected chi connectivity index (χ4v) is 3.70. The molecular formula is C25H18Cl2N2O3. The number of rotatable bonds is 6. The lowest BCUT2D eigenvalue weighted by Crippen LogP contribution is -2.28. The van der Waals surface area contributed by atoms with Crippen LogP contribution < -0.4 is 5.32 Å². The predicted octanol–water partition coefficient (Wildman–Crippen LogP) is 5.68. The monoisotopic (exact) mass is 464 g/mol. The fraction of sp³-hybridized carbons (Fsp3) is 0.0800. The van der Waals surface area contributed by atoms with Gasteiger partial charge in [-0.25, -0.2) is 9.78 Å². The summed E-state index contributed by atoms with van der Waals surface area (Å²) < 4.78 is 5.29. The van der Waals surface area contributed by atoms with Crippen molar-refractivity contribution < 1.29 is 14.3 Å². The molecule has 1 heterocycles. The van der Waals surface area contributed by atoms with Gasteiger partial charge in [-0.2, -0.15) is 0 Å². The normalized spacial score (nSPS) is 10.7. The minimum atomic E-state index is -0.597. The number of hydrogen-bond acceptors (Lipinski definition) is 4. The maximum Gasteiger partial charge on any atom is 0.339 e. The van der Waals surface area contributed by atoms with Crippen LogP contribution in [0.2, 0.25) is 10.0 Å². The average Bonchev–Trinajstić information content (AvgIpc) is 2.81. The molecule has 0 atom stereocenters. The Bertz CT molecular complexity index is 1290. The molecule has 4 rings (SSSR count). The van der Waals surface area contributed by atoms with E-state index in [1.54, 1.807) is 30.3 Å². The van der Waals surface area contributed by atoms with Gasteiger partial charge in [0, 0.05) is 27.5 Å². The fourth-order valence-electron chi connectivity index (χ4n) is 3.22. The Morgan fingerprint density at radius 2 is 1.66 bits per heavy atom. The van der Waals surface area contributed by atoms with Gasteiger partial charge in [-0.15, -0.1) is 0 Å². The summed E-state index contributed by atoms with van der Waals surface area (Å²) in [4.78, 5) is 29.7. The summed E-state index contributed by atoms with van der Waals surface area (Å²) in [5.41, 5.74) is 3.26. The lowest BCUT2D eigenvalue weighted by atomic mass is 10.0. The zero-order valence-electron chi connectivity index (χ0n) is 16.8. The van der Waals surface area contributed by atoms with Crippen molar-refractivity contribution >= 4 is 46.0 Å². The smallest absolute Gasteiger partial charge is 0.339 e. The van der Waals surface area contributed by atoms with Crippen LogP contribution in [-0.4, -0.2) is 23.5 Å². The largest absolute Gasteiger partial charge is 0.452 e. The Labute approximate surface area is 194 Å². The molecule has 0 aliphatic carbocycles. The van der Waals surface area contributed by atoms with E-state index in [0.717, 1.165) is 5.56 Å². The average molecular weight is 465 g/mol. The Hall–Kier alpha value is -3.41. The molecule has 1 aromatic heterocycles. The second-order valence-corrected chi connectivity index (χ2v) is 7.87. The maximum absolute atomic E-state index is 12.8. The van der Waals surface area contributed by atoms with Gasteiger partial charge in [0.2, 0.25) is 0 Å². The SMILES string of the molecule is O=C(COC(=O)c1cc(-c2ccccc2)nc2ccccc12)NCc1ccc(Cl)cc1Cl. The molecule has 1 N–H and O–H groups in total. The van der Waals surface area contributed by atoms with Gasteiger partial charge in [-0.1, -0.05) is 77.8 Å². The lowest BCUT2D eigenvalue weighted by Gasteiger charge is -2.11. The molecule has 0 saturated heterocycles. The molecule has 0 fully saturated rings. The number of hydrogen-bond donors (Lipinski definition) is 1. The molecule has 4 aromatic rings. The Morgan fingerprint density at radius 1 is 0.906 bits per heavy atom. The molecule has 0 spiro atoms. The third-order valence-electron chi connectivity index (χ3n) is 4.83. The number of halogens is 2. The number of fused-ring (bicyclic) bond motifs is 1. The Morgan fingerprint density at radius 3 is 2.44 bits per heavy atom. The number of nitrogens with one attached hydrogen (secondary N) is 1.